The Kier molecular flexibility index (Phi) is 7.74. The molecule has 7 nitrogen and oxygen atoms in total. The van der Waals surface area contributed by atoms with Gasteiger partial charge in [-0.25, -0.2) is 4.98 Å². The number of hydrogen-bond donors (Lipinski definition) is 1. The molecule has 0 atom stereocenters. The fourth-order valence-corrected chi connectivity index (χ4v) is 4.01. The molecule has 2 aromatic rings. The van der Waals surface area contributed by atoms with Crippen LogP contribution in [0, 0.1) is 0 Å². The minimum atomic E-state index is 0.330. The van der Waals surface area contributed by atoms with E-state index in [1.807, 2.05) is 25.4 Å². The van der Waals surface area contributed by atoms with Gasteiger partial charge in [-0.15, -0.1) is 0 Å². The van der Waals surface area contributed by atoms with Crippen LogP contribution in [0.2, 0.25) is 0 Å². The number of aromatic nitrogens is 1. The number of anilines is 1. The Morgan fingerprint density at radius 2 is 1.81 bits per heavy atom. The largest absolute Gasteiger partial charge is 0.381 e. The number of hydrogen-bond acceptors (Lipinski definition) is 5. The van der Waals surface area contributed by atoms with Crippen LogP contribution in [-0.4, -0.2) is 68.4 Å². The number of guanidine groups is 1. The molecule has 0 radical (unpaired) electrons. The molecular weight excluding hydrogens is 390 g/mol. The molecule has 4 rings (SSSR count). The Labute approximate surface area is 185 Å². The first-order valence-electron chi connectivity index (χ1n) is 11.2. The van der Waals surface area contributed by atoms with Crippen LogP contribution >= 0.6 is 0 Å². The lowest BCUT2D eigenvalue weighted by molar-refractivity contribution is -0.0390. The van der Waals surface area contributed by atoms with Crippen molar-refractivity contribution in [2.75, 3.05) is 51.3 Å². The van der Waals surface area contributed by atoms with E-state index in [0.717, 1.165) is 70.6 Å². The molecule has 31 heavy (non-hydrogen) atoms. The van der Waals surface area contributed by atoms with Crippen LogP contribution < -0.4 is 10.2 Å². The van der Waals surface area contributed by atoms with Crippen molar-refractivity contribution in [2.45, 2.75) is 32.1 Å². The van der Waals surface area contributed by atoms with Crippen molar-refractivity contribution in [1.82, 2.24) is 15.2 Å². The van der Waals surface area contributed by atoms with Crippen LogP contribution in [0.3, 0.4) is 0 Å². The maximum atomic E-state index is 6.01. The van der Waals surface area contributed by atoms with Gasteiger partial charge in [0.2, 0.25) is 0 Å². The second-order valence-corrected chi connectivity index (χ2v) is 8.00. The number of ether oxygens (including phenoxy) is 2. The van der Waals surface area contributed by atoms with Crippen molar-refractivity contribution < 1.29 is 9.47 Å². The number of aliphatic imine (C=N–C) groups is 1. The Bertz CT molecular complexity index is 814. The SMILES string of the molecule is CN=C(NCc1ccc(COC2CCOCC2)cc1)N1CCN(c2ccccn2)CC1. The predicted octanol–water partition coefficient (Wildman–Crippen LogP) is 2.67. The second-order valence-electron chi connectivity index (χ2n) is 8.00. The van der Waals surface area contributed by atoms with E-state index in [-0.39, 0.29) is 0 Å². The maximum Gasteiger partial charge on any atom is 0.194 e. The fraction of sp³-hybridized carbons (Fsp3) is 0.500. The van der Waals surface area contributed by atoms with E-state index < -0.39 is 0 Å². The second kappa shape index (κ2) is 11.1. The Balaban J connectivity index is 1.21. The van der Waals surface area contributed by atoms with Crippen LogP contribution in [0.5, 0.6) is 0 Å². The molecular formula is C24H33N5O2. The average molecular weight is 424 g/mol. The van der Waals surface area contributed by atoms with Crippen LogP contribution in [-0.2, 0) is 22.6 Å². The molecule has 1 N–H and O–H groups in total. The first kappa shape index (κ1) is 21.6. The summed E-state index contributed by atoms with van der Waals surface area (Å²) in [5.41, 5.74) is 2.45. The van der Waals surface area contributed by atoms with Gasteiger partial charge in [0.05, 0.1) is 12.7 Å². The molecule has 2 aliphatic heterocycles. The smallest absolute Gasteiger partial charge is 0.194 e. The molecule has 3 heterocycles. The number of rotatable bonds is 6. The summed E-state index contributed by atoms with van der Waals surface area (Å²) in [6.45, 7) is 6.80. The zero-order valence-corrected chi connectivity index (χ0v) is 18.4. The lowest BCUT2D eigenvalue weighted by Crippen LogP contribution is -2.52. The molecule has 166 valence electrons. The van der Waals surface area contributed by atoms with Gasteiger partial charge in [0.15, 0.2) is 5.96 Å². The topological polar surface area (TPSA) is 62.2 Å². The number of nitrogens with zero attached hydrogens (tertiary/aromatic N) is 4. The highest BCUT2D eigenvalue weighted by atomic mass is 16.5. The summed E-state index contributed by atoms with van der Waals surface area (Å²) >= 11 is 0. The van der Waals surface area contributed by atoms with Gasteiger partial charge in [-0.05, 0) is 36.1 Å². The van der Waals surface area contributed by atoms with Crippen molar-refractivity contribution in [1.29, 1.82) is 0 Å². The van der Waals surface area contributed by atoms with Gasteiger partial charge >= 0.3 is 0 Å². The Morgan fingerprint density at radius 1 is 1.06 bits per heavy atom. The van der Waals surface area contributed by atoms with Gasteiger partial charge in [0.1, 0.15) is 5.82 Å². The molecule has 7 heteroatoms. The number of pyridine rings is 1. The molecule has 0 bridgehead atoms. The summed E-state index contributed by atoms with van der Waals surface area (Å²) in [7, 11) is 1.85. The third kappa shape index (κ3) is 6.18. The Morgan fingerprint density at radius 3 is 2.48 bits per heavy atom. The third-order valence-corrected chi connectivity index (χ3v) is 5.89. The number of benzene rings is 1. The summed E-state index contributed by atoms with van der Waals surface area (Å²) in [4.78, 5) is 13.6. The van der Waals surface area contributed by atoms with Gasteiger partial charge in [-0.2, -0.15) is 0 Å². The molecule has 0 amide bonds. The summed E-state index contributed by atoms with van der Waals surface area (Å²) in [6.07, 6.45) is 4.18. The lowest BCUT2D eigenvalue weighted by Gasteiger charge is -2.37. The van der Waals surface area contributed by atoms with Gasteiger partial charge in [0.25, 0.3) is 0 Å². The molecule has 1 aromatic carbocycles. The standard InChI is InChI=1S/C24H33N5O2/c1-25-24(29-14-12-28(13-15-29)23-4-2-3-11-26-23)27-18-20-5-7-21(8-6-20)19-31-22-9-16-30-17-10-22/h2-8,11,22H,9-10,12-19H2,1H3,(H,25,27). The van der Waals surface area contributed by atoms with Crippen LogP contribution in [0.25, 0.3) is 0 Å². The fourth-order valence-electron chi connectivity index (χ4n) is 4.01. The van der Waals surface area contributed by atoms with E-state index in [9.17, 15) is 0 Å². The van der Waals surface area contributed by atoms with Crippen molar-refractivity contribution in [3.63, 3.8) is 0 Å². The molecule has 0 unspecified atom stereocenters. The zero-order valence-electron chi connectivity index (χ0n) is 18.4. The van der Waals surface area contributed by atoms with Gasteiger partial charge in [0, 0.05) is 59.2 Å². The van der Waals surface area contributed by atoms with Crippen molar-refractivity contribution >= 4 is 11.8 Å². The number of nitrogens with one attached hydrogen (secondary N) is 1. The van der Waals surface area contributed by atoms with Crippen molar-refractivity contribution in [2.24, 2.45) is 4.99 Å². The summed E-state index contributed by atoms with van der Waals surface area (Å²) in [6, 6.07) is 14.7. The molecule has 0 spiro atoms. The van der Waals surface area contributed by atoms with E-state index in [1.165, 1.54) is 11.1 Å². The van der Waals surface area contributed by atoms with Crippen LogP contribution in [0.15, 0.2) is 53.7 Å². The average Bonchev–Trinajstić information content (AvgIpc) is 2.85. The van der Waals surface area contributed by atoms with Gasteiger partial charge < -0.3 is 24.6 Å². The van der Waals surface area contributed by atoms with Gasteiger partial charge in [-0.1, -0.05) is 30.3 Å². The van der Waals surface area contributed by atoms with E-state index in [1.54, 1.807) is 0 Å². The molecule has 0 aliphatic carbocycles. The van der Waals surface area contributed by atoms with Crippen molar-refractivity contribution in [3.05, 3.63) is 59.8 Å². The van der Waals surface area contributed by atoms with E-state index in [4.69, 9.17) is 9.47 Å². The third-order valence-electron chi connectivity index (χ3n) is 5.89. The summed E-state index contributed by atoms with van der Waals surface area (Å²) < 4.78 is 11.4. The molecule has 2 fully saturated rings. The minimum absolute atomic E-state index is 0.330. The molecule has 2 aliphatic rings. The summed E-state index contributed by atoms with van der Waals surface area (Å²) in [5, 5.41) is 3.51. The molecule has 1 aromatic heterocycles. The van der Waals surface area contributed by atoms with Gasteiger partial charge in [-0.3, -0.25) is 4.99 Å². The lowest BCUT2D eigenvalue weighted by atomic mass is 10.1. The normalized spacial score (nSPS) is 18.3. The van der Waals surface area contributed by atoms with Crippen LogP contribution in [0.1, 0.15) is 24.0 Å². The first-order valence-corrected chi connectivity index (χ1v) is 11.2. The maximum absolute atomic E-state index is 6.01. The minimum Gasteiger partial charge on any atom is -0.381 e. The van der Waals surface area contributed by atoms with E-state index in [0.29, 0.717) is 12.7 Å². The zero-order chi connectivity index (χ0) is 21.3. The highest BCUT2D eigenvalue weighted by molar-refractivity contribution is 5.80. The molecule has 2 saturated heterocycles. The van der Waals surface area contributed by atoms with Crippen LogP contribution in [0.4, 0.5) is 5.82 Å². The summed E-state index contributed by atoms with van der Waals surface area (Å²) in [5.74, 6) is 2.00. The predicted molar refractivity (Wildman–Crippen MR) is 123 cm³/mol. The molecule has 0 saturated carbocycles. The highest BCUT2D eigenvalue weighted by Crippen LogP contribution is 2.15. The number of piperazine rings is 1. The highest BCUT2D eigenvalue weighted by Gasteiger charge is 2.20. The van der Waals surface area contributed by atoms with E-state index in [2.05, 4.69) is 55.4 Å². The monoisotopic (exact) mass is 423 g/mol. The van der Waals surface area contributed by atoms with Crippen molar-refractivity contribution in [3.8, 4) is 0 Å². The van der Waals surface area contributed by atoms with E-state index >= 15 is 0 Å². The first-order chi connectivity index (χ1) is 15.3. The quantitative estimate of drug-likeness (QED) is 0.569. The Hall–Kier alpha value is -2.64.